The molecule has 73 heavy (non-hydrogen) atoms. The quantitative estimate of drug-likeness (QED) is 0.105. The number of rotatable bonds is 15. The fourth-order valence-corrected chi connectivity index (χ4v) is 9.56. The minimum Gasteiger partial charge on any atom is -0.348 e. The van der Waals surface area contributed by atoms with Crippen LogP contribution in [0.4, 0.5) is 8.78 Å². The average molecular weight is 999 g/mol. The summed E-state index contributed by atoms with van der Waals surface area (Å²) in [6.07, 6.45) is 16.9. The van der Waals surface area contributed by atoms with Crippen molar-refractivity contribution in [3.05, 3.63) is 141 Å². The Balaban J connectivity index is 0.000000181. The number of hydrogen-bond acceptors (Lipinski definition) is 10. The third-order valence-electron chi connectivity index (χ3n) is 13.9. The first-order valence-electron chi connectivity index (χ1n) is 26.7. The van der Waals surface area contributed by atoms with E-state index in [-0.39, 0.29) is 24.8 Å². The van der Waals surface area contributed by atoms with Gasteiger partial charge in [0.25, 0.3) is 0 Å². The Hall–Kier alpha value is -5.54. The van der Waals surface area contributed by atoms with E-state index in [9.17, 15) is 8.78 Å². The van der Waals surface area contributed by atoms with E-state index in [1.165, 1.54) is 76.3 Å². The number of ether oxygens (including phenoxy) is 6. The zero-order valence-electron chi connectivity index (χ0n) is 43.5. The summed E-state index contributed by atoms with van der Waals surface area (Å²) in [5.74, 6) is 1.14. The van der Waals surface area contributed by atoms with Crippen LogP contribution in [-0.4, -0.2) is 39.6 Å². The summed E-state index contributed by atoms with van der Waals surface area (Å²) in [4.78, 5) is 0. The Bertz CT molecular complexity index is 2340. The van der Waals surface area contributed by atoms with Crippen LogP contribution < -0.4 is 0 Å². The summed E-state index contributed by atoms with van der Waals surface area (Å²) >= 11 is 0. The fraction of sp³-hybridized carbons (Fsp3) is 0.541. The Morgan fingerprint density at radius 2 is 0.740 bits per heavy atom. The third kappa shape index (κ3) is 19.4. The van der Waals surface area contributed by atoms with Crippen LogP contribution in [-0.2, 0) is 28.4 Å². The molecule has 0 amide bonds. The van der Waals surface area contributed by atoms with Crippen LogP contribution >= 0.6 is 0 Å². The van der Waals surface area contributed by atoms with Crippen LogP contribution in [0.2, 0.25) is 0 Å². The van der Waals surface area contributed by atoms with Crippen molar-refractivity contribution in [2.75, 3.05) is 39.6 Å². The number of halogens is 2. The summed E-state index contributed by atoms with van der Waals surface area (Å²) in [6, 6.07) is 32.7. The van der Waals surface area contributed by atoms with Crippen molar-refractivity contribution >= 4 is 0 Å². The van der Waals surface area contributed by atoms with Crippen molar-refractivity contribution in [1.29, 1.82) is 21.0 Å². The van der Waals surface area contributed by atoms with Crippen LogP contribution in [0.1, 0.15) is 193 Å². The third-order valence-corrected chi connectivity index (χ3v) is 13.9. The van der Waals surface area contributed by atoms with Crippen LogP contribution in [0.3, 0.4) is 0 Å². The van der Waals surface area contributed by atoms with E-state index in [4.69, 9.17) is 49.5 Å². The zero-order chi connectivity index (χ0) is 52.2. The van der Waals surface area contributed by atoms with Gasteiger partial charge in [0, 0.05) is 34.4 Å². The van der Waals surface area contributed by atoms with Gasteiger partial charge < -0.3 is 28.4 Å². The van der Waals surface area contributed by atoms with Crippen LogP contribution in [0.15, 0.2) is 84.9 Å². The van der Waals surface area contributed by atoms with Gasteiger partial charge in [-0.25, -0.2) is 8.78 Å². The average Bonchev–Trinajstić information content (AvgIpc) is 3.44. The van der Waals surface area contributed by atoms with E-state index in [1.54, 1.807) is 42.5 Å². The Morgan fingerprint density at radius 1 is 0.397 bits per heavy atom. The normalized spacial score (nSPS) is 23.4. The monoisotopic (exact) mass is 999 g/mol. The number of nitriles is 4. The first-order valence-corrected chi connectivity index (χ1v) is 26.7. The molecule has 8 rings (SSSR count). The Kier molecular flexibility index (Phi) is 26.1. The van der Waals surface area contributed by atoms with Crippen molar-refractivity contribution in [3.8, 4) is 24.3 Å². The van der Waals surface area contributed by atoms with Crippen LogP contribution in [0.5, 0.6) is 0 Å². The molecule has 0 spiro atoms. The highest BCUT2D eigenvalue weighted by atomic mass is 19.1. The molecule has 3 saturated heterocycles. The predicted molar refractivity (Wildman–Crippen MR) is 277 cm³/mol. The molecule has 4 aromatic rings. The van der Waals surface area contributed by atoms with Gasteiger partial charge in [0.1, 0.15) is 23.3 Å². The van der Waals surface area contributed by atoms with Crippen molar-refractivity contribution in [1.82, 2.24) is 0 Å². The summed E-state index contributed by atoms with van der Waals surface area (Å²) < 4.78 is 61.6. The van der Waals surface area contributed by atoms with E-state index in [2.05, 4.69) is 45.9 Å². The molecule has 4 fully saturated rings. The lowest BCUT2D eigenvalue weighted by Crippen LogP contribution is -2.27. The highest BCUT2D eigenvalue weighted by Gasteiger charge is 2.27. The second-order valence-electron chi connectivity index (χ2n) is 19.7. The van der Waals surface area contributed by atoms with Gasteiger partial charge in [-0.1, -0.05) is 115 Å². The second-order valence-corrected chi connectivity index (χ2v) is 19.7. The number of hydrogen-bond donors (Lipinski definition) is 0. The van der Waals surface area contributed by atoms with Gasteiger partial charge in [-0.2, -0.15) is 21.0 Å². The van der Waals surface area contributed by atoms with Crippen LogP contribution in [0, 0.1) is 80.6 Å². The molecular formula is C61H76F2N4O6. The second kappa shape index (κ2) is 32.6. The molecule has 4 aromatic carbocycles. The topological polar surface area (TPSA) is 151 Å². The van der Waals surface area contributed by atoms with Gasteiger partial charge in [0.05, 0.1) is 74.5 Å². The van der Waals surface area contributed by atoms with Gasteiger partial charge in [-0.3, -0.25) is 0 Å². The first kappa shape index (κ1) is 58.4. The van der Waals surface area contributed by atoms with Gasteiger partial charge in [-0.05, 0) is 111 Å². The molecule has 3 heterocycles. The van der Waals surface area contributed by atoms with E-state index < -0.39 is 17.2 Å². The van der Waals surface area contributed by atoms with E-state index in [0.717, 1.165) is 94.4 Å². The molecule has 1 saturated carbocycles. The highest BCUT2D eigenvalue weighted by molar-refractivity contribution is 5.37. The summed E-state index contributed by atoms with van der Waals surface area (Å²) in [7, 11) is 0. The molecule has 0 radical (unpaired) electrons. The maximum absolute atomic E-state index is 13.6. The lowest BCUT2D eigenvalue weighted by atomic mass is 9.77. The minimum absolute atomic E-state index is 0.241. The lowest BCUT2D eigenvalue weighted by molar-refractivity contribution is -0.206. The molecule has 0 N–H and O–H groups in total. The molecule has 0 bridgehead atoms. The van der Waals surface area contributed by atoms with Gasteiger partial charge in [0.15, 0.2) is 18.9 Å². The molecule has 3 aliphatic heterocycles. The Morgan fingerprint density at radius 3 is 1.07 bits per heavy atom. The van der Waals surface area contributed by atoms with E-state index in [0.29, 0.717) is 40.0 Å². The van der Waals surface area contributed by atoms with Crippen molar-refractivity contribution in [3.63, 3.8) is 0 Å². The summed E-state index contributed by atoms with van der Waals surface area (Å²) in [5, 5.41) is 34.9. The standard InChI is InChI=1S/C16H19F2N.C16H21NO2.C15H19NO2.C14H17NO2/c1-2-3-11-4-6-12(7-5-11)13-8-15(17)14(10-19)16(18)9-13;1-2-3-4-5-14-11-18-16(19-12-14)15-8-6-13(10-17)7-9-15;1-2-3-4-13-10-17-15(18-11-13)14-7-5-12(9-16)6-8-14;1-2-3-12-9-16-14(17-10-12)13-6-4-11(8-15)5-7-13/h8-9,11-12H,2-7H2,1H3;6-9,14,16H,2-5,11-12H2,1H3;5-8,13,15H,2-4,10-11H2,1H3;4-7,12,14H,2-3,9-10H2,1H3. The first-order chi connectivity index (χ1) is 35.6. The Labute approximate surface area is 434 Å². The van der Waals surface area contributed by atoms with Gasteiger partial charge in [0.2, 0.25) is 0 Å². The maximum atomic E-state index is 13.6. The molecule has 12 heteroatoms. The van der Waals surface area contributed by atoms with E-state index in [1.807, 2.05) is 36.4 Å². The van der Waals surface area contributed by atoms with E-state index >= 15 is 0 Å². The summed E-state index contributed by atoms with van der Waals surface area (Å²) in [5.41, 5.74) is 5.20. The fourth-order valence-electron chi connectivity index (χ4n) is 9.56. The highest BCUT2D eigenvalue weighted by Crippen LogP contribution is 2.38. The molecule has 10 nitrogen and oxygen atoms in total. The smallest absolute Gasteiger partial charge is 0.183 e. The van der Waals surface area contributed by atoms with Gasteiger partial charge in [-0.15, -0.1) is 0 Å². The van der Waals surface area contributed by atoms with Gasteiger partial charge >= 0.3 is 0 Å². The molecule has 1 aliphatic carbocycles. The van der Waals surface area contributed by atoms with Crippen molar-refractivity contribution < 1.29 is 37.2 Å². The molecule has 390 valence electrons. The minimum atomic E-state index is -0.729. The SMILES string of the molecule is CCCC1CCC(c2cc(F)c(C#N)c(F)c2)CC1.CCCC1COC(c2ccc(C#N)cc2)OC1.CCCCC1COC(c2ccc(C#N)cc2)OC1.CCCCCC1COC(c2ccc(C#N)cc2)OC1. The number of nitrogens with zero attached hydrogens (tertiary/aromatic N) is 4. The number of unbranched alkanes of at least 4 members (excludes halogenated alkanes) is 3. The van der Waals surface area contributed by atoms with Crippen molar-refractivity contribution in [2.24, 2.45) is 23.7 Å². The molecular weight excluding hydrogens is 923 g/mol. The lowest BCUT2D eigenvalue weighted by Gasteiger charge is -2.29. The molecule has 4 aliphatic rings. The molecule has 0 atom stereocenters. The predicted octanol–water partition coefficient (Wildman–Crippen LogP) is 15.1. The summed E-state index contributed by atoms with van der Waals surface area (Å²) in [6.45, 7) is 13.4. The van der Waals surface area contributed by atoms with Crippen LogP contribution in [0.25, 0.3) is 0 Å². The largest absolute Gasteiger partial charge is 0.348 e. The van der Waals surface area contributed by atoms with Crippen molar-refractivity contribution in [2.45, 2.75) is 149 Å². The number of benzene rings is 4. The molecule has 0 aromatic heterocycles. The maximum Gasteiger partial charge on any atom is 0.183 e. The zero-order valence-corrected chi connectivity index (χ0v) is 43.5. The molecule has 0 unspecified atom stereocenters.